The molecule has 0 spiro atoms. The number of halogens is 2. The highest BCUT2D eigenvalue weighted by atomic mass is 19.1. The molecular weight excluding hydrogens is 311 g/mol. The molecule has 2 aromatic rings. The van der Waals surface area contributed by atoms with Crippen molar-refractivity contribution < 1.29 is 18.1 Å². The van der Waals surface area contributed by atoms with Crippen molar-refractivity contribution in [1.82, 2.24) is 0 Å². The van der Waals surface area contributed by atoms with Gasteiger partial charge in [-0.05, 0) is 18.2 Å². The predicted octanol–water partition coefficient (Wildman–Crippen LogP) is 3.27. The van der Waals surface area contributed by atoms with Gasteiger partial charge in [0, 0.05) is 35.2 Å². The van der Waals surface area contributed by atoms with Gasteiger partial charge < -0.3 is 9.31 Å². The molecule has 0 bridgehead atoms. The molecule has 0 amide bonds. The highest BCUT2D eigenvalue weighted by molar-refractivity contribution is 6.61. The molecule has 0 atom stereocenters. The van der Waals surface area contributed by atoms with Crippen LogP contribution in [-0.4, -0.2) is 20.3 Å². The van der Waals surface area contributed by atoms with Crippen LogP contribution in [0.15, 0.2) is 36.4 Å². The molecule has 0 N–H and O–H groups in total. The molecule has 122 valence electrons. The summed E-state index contributed by atoms with van der Waals surface area (Å²) in [6, 6.07) is 10.4. The van der Waals surface area contributed by atoms with E-state index in [1.807, 2.05) is 19.9 Å². The fraction of sp³-hybridized carbons (Fsp3) is 0.278. The zero-order valence-corrected chi connectivity index (χ0v) is 13.5. The molecule has 3 rings (SSSR count). The average Bonchev–Trinajstić information content (AvgIpc) is 2.55. The second kappa shape index (κ2) is 6.35. The summed E-state index contributed by atoms with van der Waals surface area (Å²) in [5.41, 5.74) is 0.699. The van der Waals surface area contributed by atoms with Crippen LogP contribution in [-0.2, 0) is 9.31 Å². The minimum Gasteiger partial charge on any atom is -0.407 e. The smallest absolute Gasteiger partial charge is 0.407 e. The minimum absolute atomic E-state index is 0.124. The largest absolute Gasteiger partial charge is 0.496 e. The first-order chi connectivity index (χ1) is 11.4. The van der Waals surface area contributed by atoms with Crippen LogP contribution >= 0.6 is 0 Å². The van der Waals surface area contributed by atoms with Gasteiger partial charge in [-0.25, -0.2) is 8.78 Å². The molecule has 0 radical (unpaired) electrons. The third-order valence-electron chi connectivity index (χ3n) is 3.93. The Labute approximate surface area is 140 Å². The highest BCUT2D eigenvalue weighted by Crippen LogP contribution is 2.27. The van der Waals surface area contributed by atoms with Gasteiger partial charge in [0.25, 0.3) is 0 Å². The van der Waals surface area contributed by atoms with Gasteiger partial charge in [0.1, 0.15) is 11.6 Å². The van der Waals surface area contributed by atoms with Crippen LogP contribution in [0.1, 0.15) is 19.4 Å². The highest BCUT2D eigenvalue weighted by Gasteiger charge is 2.35. The fourth-order valence-electron chi connectivity index (χ4n) is 2.65. The van der Waals surface area contributed by atoms with Crippen molar-refractivity contribution in [3.8, 4) is 17.2 Å². The van der Waals surface area contributed by atoms with E-state index < -0.39 is 18.8 Å². The van der Waals surface area contributed by atoms with E-state index in [4.69, 9.17) is 9.31 Å². The summed E-state index contributed by atoms with van der Waals surface area (Å²) in [6.07, 6.45) is 0. The van der Waals surface area contributed by atoms with Crippen molar-refractivity contribution >= 4 is 12.6 Å². The first kappa shape index (κ1) is 16.6. The maximum atomic E-state index is 15.0. The van der Waals surface area contributed by atoms with Crippen molar-refractivity contribution in [2.45, 2.75) is 13.8 Å². The Morgan fingerprint density at radius 1 is 1.08 bits per heavy atom. The van der Waals surface area contributed by atoms with Crippen LogP contribution in [0.3, 0.4) is 0 Å². The van der Waals surface area contributed by atoms with Crippen molar-refractivity contribution in [1.29, 1.82) is 5.26 Å². The summed E-state index contributed by atoms with van der Waals surface area (Å²) in [4.78, 5) is 0. The Morgan fingerprint density at radius 2 is 1.79 bits per heavy atom. The van der Waals surface area contributed by atoms with Crippen LogP contribution in [0.5, 0.6) is 0 Å². The third-order valence-corrected chi connectivity index (χ3v) is 3.93. The molecular formula is C18H16BF2NO2. The summed E-state index contributed by atoms with van der Waals surface area (Å²) >= 11 is 0. The van der Waals surface area contributed by atoms with Crippen molar-refractivity contribution in [3.63, 3.8) is 0 Å². The summed E-state index contributed by atoms with van der Waals surface area (Å²) in [5, 5.41) is 9.19. The Hall–Kier alpha value is -2.23. The van der Waals surface area contributed by atoms with Gasteiger partial charge in [0.05, 0.1) is 11.6 Å². The zero-order valence-electron chi connectivity index (χ0n) is 13.5. The van der Waals surface area contributed by atoms with Gasteiger partial charge in [0.15, 0.2) is 0 Å². The van der Waals surface area contributed by atoms with E-state index in [0.717, 1.165) is 6.07 Å². The molecule has 2 aromatic carbocycles. The van der Waals surface area contributed by atoms with E-state index >= 15 is 0 Å². The van der Waals surface area contributed by atoms with E-state index in [-0.39, 0.29) is 27.6 Å². The summed E-state index contributed by atoms with van der Waals surface area (Å²) in [5.74, 6) is -1.09. The monoisotopic (exact) mass is 327 g/mol. The van der Waals surface area contributed by atoms with Gasteiger partial charge in [-0.3, -0.25) is 0 Å². The topological polar surface area (TPSA) is 42.2 Å². The quantitative estimate of drug-likeness (QED) is 0.795. The maximum Gasteiger partial charge on any atom is 0.496 e. The molecule has 1 saturated heterocycles. The van der Waals surface area contributed by atoms with Gasteiger partial charge in [-0.2, -0.15) is 5.26 Å². The third kappa shape index (κ3) is 3.19. The van der Waals surface area contributed by atoms with Crippen LogP contribution in [0.2, 0.25) is 0 Å². The van der Waals surface area contributed by atoms with E-state index in [1.165, 1.54) is 18.2 Å². The molecule has 1 aliphatic rings. The normalized spacial score (nSPS) is 16.7. The lowest BCUT2D eigenvalue weighted by Crippen LogP contribution is -2.48. The molecule has 0 aliphatic carbocycles. The number of rotatable bonds is 2. The van der Waals surface area contributed by atoms with Gasteiger partial charge in [-0.15, -0.1) is 0 Å². The molecule has 1 fully saturated rings. The number of hydrogen-bond acceptors (Lipinski definition) is 3. The second-order valence-electron chi connectivity index (χ2n) is 6.63. The lowest BCUT2D eigenvalue weighted by atomic mass is 9.74. The van der Waals surface area contributed by atoms with Crippen LogP contribution in [0.25, 0.3) is 11.1 Å². The van der Waals surface area contributed by atoms with Crippen molar-refractivity contribution in [2.75, 3.05) is 13.2 Å². The predicted molar refractivity (Wildman–Crippen MR) is 87.6 cm³/mol. The fourth-order valence-corrected chi connectivity index (χ4v) is 2.65. The van der Waals surface area contributed by atoms with Crippen LogP contribution in [0.4, 0.5) is 8.78 Å². The SMILES string of the molecule is CC1(C)COB(c2cccc(-c3cc(F)ccc3C#N)c2F)OC1. The molecule has 0 aromatic heterocycles. The number of nitriles is 1. The molecule has 1 aliphatic heterocycles. The number of nitrogens with zero attached hydrogens (tertiary/aromatic N) is 1. The molecule has 6 heteroatoms. The first-order valence-corrected chi connectivity index (χ1v) is 7.63. The Kier molecular flexibility index (Phi) is 4.40. The van der Waals surface area contributed by atoms with Crippen molar-refractivity contribution in [2.24, 2.45) is 5.41 Å². The van der Waals surface area contributed by atoms with Gasteiger partial charge in [-0.1, -0.05) is 32.0 Å². The minimum atomic E-state index is -0.808. The standard InChI is InChI=1S/C18H16BF2NO2/c1-18(2)10-23-19(24-11-18)16-5-3-4-14(17(16)21)15-8-13(20)7-6-12(15)9-22/h3-8H,10-11H2,1-2H3. The molecule has 3 nitrogen and oxygen atoms in total. The summed E-state index contributed by atoms with van der Waals surface area (Å²) < 4.78 is 39.8. The van der Waals surface area contributed by atoms with Crippen LogP contribution in [0, 0.1) is 28.4 Å². The van der Waals surface area contributed by atoms with E-state index in [0.29, 0.717) is 13.2 Å². The molecule has 24 heavy (non-hydrogen) atoms. The Bertz CT molecular complexity index is 807. The van der Waals surface area contributed by atoms with E-state index in [9.17, 15) is 14.0 Å². The van der Waals surface area contributed by atoms with Crippen molar-refractivity contribution in [3.05, 3.63) is 53.6 Å². The summed E-state index contributed by atoms with van der Waals surface area (Å²) in [7, 11) is -0.808. The molecule has 1 heterocycles. The number of benzene rings is 2. The Balaban J connectivity index is 2.01. The van der Waals surface area contributed by atoms with Gasteiger partial charge in [0.2, 0.25) is 0 Å². The second-order valence-corrected chi connectivity index (χ2v) is 6.63. The van der Waals surface area contributed by atoms with Crippen LogP contribution < -0.4 is 5.46 Å². The number of hydrogen-bond donors (Lipinski definition) is 0. The average molecular weight is 327 g/mol. The molecule has 0 unspecified atom stereocenters. The summed E-state index contributed by atoms with van der Waals surface area (Å²) in [6.45, 7) is 4.90. The maximum absolute atomic E-state index is 15.0. The van der Waals surface area contributed by atoms with Gasteiger partial charge >= 0.3 is 7.12 Å². The van der Waals surface area contributed by atoms with E-state index in [1.54, 1.807) is 12.1 Å². The first-order valence-electron chi connectivity index (χ1n) is 7.63. The zero-order chi connectivity index (χ0) is 17.3. The Morgan fingerprint density at radius 3 is 2.46 bits per heavy atom. The lowest BCUT2D eigenvalue weighted by molar-refractivity contribution is 0.0340. The van der Waals surface area contributed by atoms with E-state index in [2.05, 4.69) is 0 Å². The lowest BCUT2D eigenvalue weighted by Gasteiger charge is -2.33. The molecule has 0 saturated carbocycles.